The molecule has 0 unspecified atom stereocenters. The van der Waals surface area contributed by atoms with Crippen molar-refractivity contribution in [3.05, 3.63) is 53.0 Å². The van der Waals surface area contributed by atoms with E-state index in [9.17, 15) is 4.79 Å². The molecule has 0 spiro atoms. The van der Waals surface area contributed by atoms with Crippen LogP contribution in [0.25, 0.3) is 0 Å². The van der Waals surface area contributed by atoms with E-state index in [4.69, 9.17) is 0 Å². The summed E-state index contributed by atoms with van der Waals surface area (Å²) >= 11 is 3.34. The molecule has 1 amide bonds. The molecule has 0 aromatic heterocycles. The average Bonchev–Trinajstić information content (AvgIpc) is 2.18. The van der Waals surface area contributed by atoms with Gasteiger partial charge in [0, 0.05) is 16.2 Å². The van der Waals surface area contributed by atoms with Gasteiger partial charge in [-0.2, -0.15) is 0 Å². The van der Waals surface area contributed by atoms with Crippen molar-refractivity contribution in [2.75, 3.05) is 5.32 Å². The Morgan fingerprint density at radius 1 is 1.40 bits per heavy atom. The van der Waals surface area contributed by atoms with E-state index in [1.54, 1.807) is 12.2 Å². The molecule has 0 saturated carbocycles. The van der Waals surface area contributed by atoms with Crippen molar-refractivity contribution in [1.82, 2.24) is 0 Å². The summed E-state index contributed by atoms with van der Waals surface area (Å²) in [6.07, 6.45) is 6.86. The van der Waals surface area contributed by atoms with Crippen molar-refractivity contribution in [2.24, 2.45) is 0 Å². The molecule has 1 N–H and O–H groups in total. The van der Waals surface area contributed by atoms with Gasteiger partial charge in [0.05, 0.1) is 0 Å². The highest BCUT2D eigenvalue weighted by Crippen LogP contribution is 2.15. The molecule has 0 heterocycles. The Labute approximate surface area is 97.8 Å². The third kappa shape index (κ3) is 4.61. The molecule has 0 aliphatic rings. The second kappa shape index (κ2) is 6.19. The molecule has 1 aromatic rings. The van der Waals surface area contributed by atoms with Crippen molar-refractivity contribution >= 4 is 27.5 Å². The van der Waals surface area contributed by atoms with Gasteiger partial charge >= 0.3 is 0 Å². The third-order valence-electron chi connectivity index (χ3n) is 1.64. The molecule has 0 aliphatic carbocycles. The number of allylic oxidation sites excluding steroid dienone is 3. The zero-order chi connectivity index (χ0) is 11.1. The predicted molar refractivity (Wildman–Crippen MR) is 66.7 cm³/mol. The zero-order valence-electron chi connectivity index (χ0n) is 8.41. The first-order chi connectivity index (χ1) is 7.22. The van der Waals surface area contributed by atoms with Crippen LogP contribution < -0.4 is 5.32 Å². The van der Waals surface area contributed by atoms with E-state index < -0.39 is 0 Å². The molecule has 1 rings (SSSR count). The summed E-state index contributed by atoms with van der Waals surface area (Å²) in [6.45, 7) is 1.90. The van der Waals surface area contributed by atoms with Crippen molar-refractivity contribution in [1.29, 1.82) is 0 Å². The number of rotatable bonds is 3. The Morgan fingerprint density at radius 2 is 2.20 bits per heavy atom. The fourth-order valence-electron chi connectivity index (χ4n) is 1.00. The van der Waals surface area contributed by atoms with Crippen LogP contribution >= 0.6 is 15.9 Å². The third-order valence-corrected chi connectivity index (χ3v) is 2.14. The van der Waals surface area contributed by atoms with Crippen LogP contribution in [0.2, 0.25) is 0 Å². The topological polar surface area (TPSA) is 29.1 Å². The van der Waals surface area contributed by atoms with Gasteiger partial charge in [0.15, 0.2) is 0 Å². The second-order valence-electron chi connectivity index (χ2n) is 2.88. The lowest BCUT2D eigenvalue weighted by atomic mass is 10.3. The van der Waals surface area contributed by atoms with Crippen LogP contribution in [0, 0.1) is 0 Å². The molecule has 0 aliphatic heterocycles. The minimum absolute atomic E-state index is 0.133. The van der Waals surface area contributed by atoms with Crippen molar-refractivity contribution in [3.63, 3.8) is 0 Å². The number of nitrogens with one attached hydrogen (secondary N) is 1. The van der Waals surface area contributed by atoms with Crippen LogP contribution in [-0.2, 0) is 4.79 Å². The summed E-state index contributed by atoms with van der Waals surface area (Å²) in [7, 11) is 0. The van der Waals surface area contributed by atoms with Gasteiger partial charge in [-0.25, -0.2) is 0 Å². The van der Waals surface area contributed by atoms with Crippen LogP contribution in [0.3, 0.4) is 0 Å². The van der Waals surface area contributed by atoms with E-state index in [1.807, 2.05) is 37.3 Å². The van der Waals surface area contributed by atoms with Crippen LogP contribution in [0.5, 0.6) is 0 Å². The number of carbonyl (C=O) groups excluding carboxylic acids is 1. The fourth-order valence-corrected chi connectivity index (χ4v) is 1.40. The highest BCUT2D eigenvalue weighted by molar-refractivity contribution is 9.10. The number of hydrogen-bond donors (Lipinski definition) is 1. The van der Waals surface area contributed by atoms with Crippen LogP contribution in [-0.4, -0.2) is 5.91 Å². The Bertz CT molecular complexity index is 396. The summed E-state index contributed by atoms with van der Waals surface area (Å²) in [5.74, 6) is -0.133. The average molecular weight is 266 g/mol. The zero-order valence-corrected chi connectivity index (χ0v) is 9.99. The molecule has 1 aromatic carbocycles. The van der Waals surface area contributed by atoms with E-state index in [1.165, 1.54) is 6.08 Å². The SMILES string of the molecule is C/C=C/C=C/C(=O)Nc1cccc(Br)c1. The number of hydrogen-bond acceptors (Lipinski definition) is 1. The number of halogens is 1. The first-order valence-corrected chi connectivity index (χ1v) is 5.37. The number of anilines is 1. The van der Waals surface area contributed by atoms with E-state index in [0.29, 0.717) is 0 Å². The summed E-state index contributed by atoms with van der Waals surface area (Å²) < 4.78 is 0.942. The van der Waals surface area contributed by atoms with E-state index in [0.717, 1.165) is 10.2 Å². The van der Waals surface area contributed by atoms with Crippen LogP contribution in [0.4, 0.5) is 5.69 Å². The van der Waals surface area contributed by atoms with Crippen LogP contribution in [0.1, 0.15) is 6.92 Å². The van der Waals surface area contributed by atoms with Crippen molar-refractivity contribution in [3.8, 4) is 0 Å². The van der Waals surface area contributed by atoms with E-state index in [-0.39, 0.29) is 5.91 Å². The molecule has 15 heavy (non-hydrogen) atoms. The maximum absolute atomic E-state index is 11.4. The summed E-state index contributed by atoms with van der Waals surface area (Å²) in [5.41, 5.74) is 0.777. The molecule has 0 saturated heterocycles. The summed E-state index contributed by atoms with van der Waals surface area (Å²) in [6, 6.07) is 7.47. The molecule has 3 heteroatoms. The maximum Gasteiger partial charge on any atom is 0.248 e. The lowest BCUT2D eigenvalue weighted by Gasteiger charge is -2.01. The Kier molecular flexibility index (Phi) is 4.84. The quantitative estimate of drug-likeness (QED) is 0.658. The Hall–Kier alpha value is -1.35. The molecular formula is C12H12BrNO. The van der Waals surface area contributed by atoms with E-state index >= 15 is 0 Å². The lowest BCUT2D eigenvalue weighted by Crippen LogP contribution is -2.07. The standard InChI is InChI=1S/C12H12BrNO/c1-2-3-4-8-12(15)14-11-7-5-6-10(13)9-11/h2-9H,1H3,(H,14,15)/b3-2+,8-4+. The van der Waals surface area contributed by atoms with E-state index in [2.05, 4.69) is 21.2 Å². The highest BCUT2D eigenvalue weighted by Gasteiger charge is 1.96. The summed E-state index contributed by atoms with van der Waals surface area (Å²) in [5, 5.41) is 2.75. The van der Waals surface area contributed by atoms with Crippen molar-refractivity contribution < 1.29 is 4.79 Å². The van der Waals surface area contributed by atoms with Gasteiger partial charge in [0.25, 0.3) is 0 Å². The fraction of sp³-hybridized carbons (Fsp3) is 0.0833. The molecule has 0 bridgehead atoms. The molecule has 2 nitrogen and oxygen atoms in total. The van der Waals surface area contributed by atoms with Gasteiger partial charge in [0.1, 0.15) is 0 Å². The number of benzene rings is 1. The normalized spacial score (nSPS) is 11.1. The predicted octanol–water partition coefficient (Wildman–Crippen LogP) is 3.52. The molecular weight excluding hydrogens is 254 g/mol. The lowest BCUT2D eigenvalue weighted by molar-refractivity contribution is -0.111. The minimum atomic E-state index is -0.133. The van der Waals surface area contributed by atoms with Crippen LogP contribution in [0.15, 0.2) is 53.0 Å². The number of carbonyl (C=O) groups is 1. The van der Waals surface area contributed by atoms with Gasteiger partial charge < -0.3 is 5.32 Å². The smallest absolute Gasteiger partial charge is 0.248 e. The van der Waals surface area contributed by atoms with Gasteiger partial charge in [-0.1, -0.05) is 40.2 Å². The molecule has 0 fully saturated rings. The van der Waals surface area contributed by atoms with Gasteiger partial charge in [0.2, 0.25) is 5.91 Å². The highest BCUT2D eigenvalue weighted by atomic mass is 79.9. The molecule has 78 valence electrons. The minimum Gasteiger partial charge on any atom is -0.322 e. The Balaban J connectivity index is 2.59. The first-order valence-electron chi connectivity index (χ1n) is 4.58. The maximum atomic E-state index is 11.4. The summed E-state index contributed by atoms with van der Waals surface area (Å²) in [4.78, 5) is 11.4. The van der Waals surface area contributed by atoms with Crippen molar-refractivity contribution in [2.45, 2.75) is 6.92 Å². The Morgan fingerprint density at radius 3 is 2.87 bits per heavy atom. The second-order valence-corrected chi connectivity index (χ2v) is 3.80. The van der Waals surface area contributed by atoms with Gasteiger partial charge in [-0.05, 0) is 25.1 Å². The monoisotopic (exact) mass is 265 g/mol. The van der Waals surface area contributed by atoms with Gasteiger partial charge in [-0.3, -0.25) is 4.79 Å². The molecule has 0 radical (unpaired) electrons. The molecule has 0 atom stereocenters. The van der Waals surface area contributed by atoms with Gasteiger partial charge in [-0.15, -0.1) is 0 Å². The largest absolute Gasteiger partial charge is 0.322 e. The number of amides is 1. The first kappa shape index (κ1) is 11.7.